The van der Waals surface area contributed by atoms with Crippen molar-refractivity contribution in [2.45, 2.75) is 18.9 Å². The number of unbranched alkanes of at least 4 members (excludes halogenated alkanes) is 1. The molecule has 0 bridgehead atoms. The van der Waals surface area contributed by atoms with Crippen LogP contribution in [0.2, 0.25) is 0 Å². The molecule has 0 saturated heterocycles. The molecule has 2 aromatic carbocycles. The molecular weight excluding hydrogens is 246 g/mol. The van der Waals surface area contributed by atoms with Crippen LogP contribution in [0.3, 0.4) is 0 Å². The van der Waals surface area contributed by atoms with E-state index in [0.29, 0.717) is 0 Å². The molecule has 0 amide bonds. The van der Waals surface area contributed by atoms with Gasteiger partial charge in [-0.1, -0.05) is 42.5 Å². The van der Waals surface area contributed by atoms with Gasteiger partial charge in [-0.25, -0.2) is 0 Å². The Kier molecular flexibility index (Phi) is 5.23. The van der Waals surface area contributed by atoms with E-state index in [4.69, 9.17) is 6.42 Å². The standard InChI is InChI=1S/C18H19NO/c1-2-3-7-14-19-18(15-8-5-4-6-9-15)16-10-12-17(20)13-11-16/h1,4-6,8-13,18-20H,3,7,14H2. The molecule has 2 N–H and O–H groups in total. The molecule has 1 unspecified atom stereocenters. The zero-order chi connectivity index (χ0) is 14.2. The molecule has 2 rings (SSSR count). The van der Waals surface area contributed by atoms with E-state index in [-0.39, 0.29) is 11.8 Å². The first-order valence-electron chi connectivity index (χ1n) is 6.82. The fraction of sp³-hybridized carbons (Fsp3) is 0.222. The minimum atomic E-state index is 0.120. The van der Waals surface area contributed by atoms with E-state index in [1.165, 1.54) is 5.56 Å². The summed E-state index contributed by atoms with van der Waals surface area (Å²) in [5, 5.41) is 12.9. The van der Waals surface area contributed by atoms with Crippen LogP contribution in [0.15, 0.2) is 54.6 Å². The van der Waals surface area contributed by atoms with Crippen molar-refractivity contribution in [3.05, 3.63) is 65.7 Å². The molecule has 0 saturated carbocycles. The number of terminal acetylenes is 1. The predicted molar refractivity (Wildman–Crippen MR) is 82.5 cm³/mol. The van der Waals surface area contributed by atoms with Crippen LogP contribution in [0.25, 0.3) is 0 Å². The SMILES string of the molecule is C#CCCCNC(c1ccccc1)c1ccc(O)cc1. The first-order chi connectivity index (χ1) is 9.81. The summed E-state index contributed by atoms with van der Waals surface area (Å²) in [6.07, 6.45) is 7.02. The summed E-state index contributed by atoms with van der Waals surface area (Å²) in [5.41, 5.74) is 2.34. The van der Waals surface area contributed by atoms with E-state index in [1.807, 2.05) is 30.3 Å². The second-order valence-corrected chi connectivity index (χ2v) is 4.70. The third-order valence-corrected chi connectivity index (χ3v) is 3.21. The number of phenolic OH excluding ortho intramolecular Hbond substituents is 1. The quantitative estimate of drug-likeness (QED) is 0.619. The highest BCUT2D eigenvalue weighted by molar-refractivity contribution is 5.34. The van der Waals surface area contributed by atoms with E-state index in [1.54, 1.807) is 12.1 Å². The lowest BCUT2D eigenvalue weighted by atomic mass is 9.98. The Hall–Kier alpha value is -2.24. The van der Waals surface area contributed by atoms with Gasteiger partial charge in [0.15, 0.2) is 0 Å². The molecule has 2 heteroatoms. The van der Waals surface area contributed by atoms with Crippen LogP contribution in [0.5, 0.6) is 5.75 Å². The molecular formula is C18H19NO. The number of aromatic hydroxyl groups is 1. The molecule has 0 aliphatic rings. The normalized spacial score (nSPS) is 11.8. The average Bonchev–Trinajstić information content (AvgIpc) is 2.50. The van der Waals surface area contributed by atoms with Crippen LogP contribution >= 0.6 is 0 Å². The predicted octanol–water partition coefficient (Wildman–Crippen LogP) is 3.48. The van der Waals surface area contributed by atoms with Crippen molar-refractivity contribution in [1.29, 1.82) is 0 Å². The summed E-state index contributed by atoms with van der Waals surface area (Å²) < 4.78 is 0. The van der Waals surface area contributed by atoms with Gasteiger partial charge in [0.05, 0.1) is 6.04 Å². The van der Waals surface area contributed by atoms with Crippen molar-refractivity contribution in [3.8, 4) is 18.1 Å². The first-order valence-corrected chi connectivity index (χ1v) is 6.82. The third-order valence-electron chi connectivity index (χ3n) is 3.21. The summed E-state index contributed by atoms with van der Waals surface area (Å²) >= 11 is 0. The van der Waals surface area contributed by atoms with Crippen molar-refractivity contribution in [2.24, 2.45) is 0 Å². The Morgan fingerprint density at radius 3 is 2.30 bits per heavy atom. The summed E-state index contributed by atoms with van der Waals surface area (Å²) in [6.45, 7) is 0.866. The Morgan fingerprint density at radius 2 is 1.65 bits per heavy atom. The molecule has 102 valence electrons. The molecule has 0 radical (unpaired) electrons. The highest BCUT2D eigenvalue weighted by Crippen LogP contribution is 2.23. The molecule has 20 heavy (non-hydrogen) atoms. The van der Waals surface area contributed by atoms with E-state index < -0.39 is 0 Å². The summed E-state index contributed by atoms with van der Waals surface area (Å²) in [5.74, 6) is 2.94. The second-order valence-electron chi connectivity index (χ2n) is 4.70. The maximum Gasteiger partial charge on any atom is 0.115 e. The number of hydrogen-bond donors (Lipinski definition) is 2. The van der Waals surface area contributed by atoms with Gasteiger partial charge in [0, 0.05) is 6.42 Å². The molecule has 1 atom stereocenters. The monoisotopic (exact) mass is 265 g/mol. The maximum atomic E-state index is 9.41. The number of phenols is 1. The lowest BCUT2D eigenvalue weighted by molar-refractivity contribution is 0.474. The van der Waals surface area contributed by atoms with E-state index in [9.17, 15) is 5.11 Å². The highest BCUT2D eigenvalue weighted by Gasteiger charge is 2.12. The Bertz CT molecular complexity index is 554. The molecule has 0 fully saturated rings. The van der Waals surface area contributed by atoms with Gasteiger partial charge in [0.1, 0.15) is 5.75 Å². The molecule has 0 aromatic heterocycles. The van der Waals surface area contributed by atoms with Crippen LogP contribution in [0, 0.1) is 12.3 Å². The zero-order valence-electron chi connectivity index (χ0n) is 11.4. The van der Waals surface area contributed by atoms with Crippen molar-refractivity contribution in [2.75, 3.05) is 6.54 Å². The molecule has 0 spiro atoms. The van der Waals surface area contributed by atoms with E-state index in [2.05, 4.69) is 23.4 Å². The van der Waals surface area contributed by atoms with Crippen LogP contribution < -0.4 is 5.32 Å². The van der Waals surface area contributed by atoms with Gasteiger partial charge < -0.3 is 10.4 Å². The minimum absolute atomic E-state index is 0.120. The van der Waals surface area contributed by atoms with E-state index in [0.717, 1.165) is 24.9 Å². The molecule has 0 aliphatic carbocycles. The molecule has 0 heterocycles. The lowest BCUT2D eigenvalue weighted by Crippen LogP contribution is -2.23. The topological polar surface area (TPSA) is 32.3 Å². The largest absolute Gasteiger partial charge is 0.508 e. The number of benzene rings is 2. The highest BCUT2D eigenvalue weighted by atomic mass is 16.3. The third kappa shape index (κ3) is 3.88. The van der Waals surface area contributed by atoms with Gasteiger partial charge in [-0.2, -0.15) is 0 Å². The van der Waals surface area contributed by atoms with Gasteiger partial charge in [-0.05, 0) is 36.2 Å². The zero-order valence-corrected chi connectivity index (χ0v) is 11.4. The Balaban J connectivity index is 2.16. The second kappa shape index (κ2) is 7.37. The lowest BCUT2D eigenvalue weighted by Gasteiger charge is -2.19. The summed E-state index contributed by atoms with van der Waals surface area (Å²) in [6, 6.07) is 17.7. The number of rotatable bonds is 6. The first kappa shape index (κ1) is 14.2. The van der Waals surface area contributed by atoms with Crippen LogP contribution in [-0.2, 0) is 0 Å². The number of hydrogen-bond acceptors (Lipinski definition) is 2. The van der Waals surface area contributed by atoms with Gasteiger partial charge in [-0.15, -0.1) is 12.3 Å². The fourth-order valence-electron chi connectivity index (χ4n) is 2.18. The van der Waals surface area contributed by atoms with Crippen LogP contribution in [0.4, 0.5) is 0 Å². The van der Waals surface area contributed by atoms with Crippen molar-refractivity contribution >= 4 is 0 Å². The fourth-order valence-corrected chi connectivity index (χ4v) is 2.18. The van der Waals surface area contributed by atoms with Crippen LogP contribution in [0.1, 0.15) is 30.0 Å². The number of nitrogens with one attached hydrogen (secondary N) is 1. The van der Waals surface area contributed by atoms with Crippen molar-refractivity contribution < 1.29 is 5.11 Å². The Labute approximate surface area is 120 Å². The van der Waals surface area contributed by atoms with Gasteiger partial charge in [0.25, 0.3) is 0 Å². The van der Waals surface area contributed by atoms with Crippen LogP contribution in [-0.4, -0.2) is 11.7 Å². The molecule has 0 aliphatic heterocycles. The Morgan fingerprint density at radius 1 is 1.00 bits per heavy atom. The summed E-state index contributed by atoms with van der Waals surface area (Å²) in [7, 11) is 0. The van der Waals surface area contributed by atoms with Crippen molar-refractivity contribution in [1.82, 2.24) is 5.32 Å². The minimum Gasteiger partial charge on any atom is -0.508 e. The van der Waals surface area contributed by atoms with Gasteiger partial charge in [0.2, 0.25) is 0 Å². The van der Waals surface area contributed by atoms with Gasteiger partial charge in [-0.3, -0.25) is 0 Å². The maximum absolute atomic E-state index is 9.41. The molecule has 2 nitrogen and oxygen atoms in total. The summed E-state index contributed by atoms with van der Waals surface area (Å²) in [4.78, 5) is 0. The van der Waals surface area contributed by atoms with Crippen molar-refractivity contribution in [3.63, 3.8) is 0 Å². The van der Waals surface area contributed by atoms with Gasteiger partial charge >= 0.3 is 0 Å². The smallest absolute Gasteiger partial charge is 0.115 e. The van der Waals surface area contributed by atoms with E-state index >= 15 is 0 Å². The molecule has 2 aromatic rings. The average molecular weight is 265 g/mol.